The number of hydrogen-bond acceptors (Lipinski definition) is 2. The van der Waals surface area contributed by atoms with Crippen LogP contribution in [0.25, 0.3) is 12.2 Å². The molecule has 0 radical (unpaired) electrons. The van der Waals surface area contributed by atoms with Crippen molar-refractivity contribution in [2.45, 2.75) is 6.92 Å². The molecular weight excluding hydrogens is 322 g/mol. The van der Waals surface area contributed by atoms with Crippen molar-refractivity contribution in [2.75, 3.05) is 6.54 Å². The van der Waals surface area contributed by atoms with Crippen LogP contribution in [0.1, 0.15) is 18.1 Å². The molecule has 1 N–H and O–H groups in total. The average Bonchev–Trinajstić information content (AvgIpc) is 2.57. The highest BCUT2D eigenvalue weighted by Gasteiger charge is 2.13. The van der Waals surface area contributed by atoms with E-state index in [1.807, 2.05) is 42.5 Å². The molecule has 2 aromatic carbocycles. The number of rotatable bonds is 6. The fourth-order valence-corrected chi connectivity index (χ4v) is 2.29. The van der Waals surface area contributed by atoms with Crippen molar-refractivity contribution in [3.05, 3.63) is 82.4 Å². The molecule has 0 bridgehead atoms. The number of Topliss-reactive ketones (excluding diaryl/α,β-unsaturated/α-hetero) is 1. The summed E-state index contributed by atoms with van der Waals surface area (Å²) in [6, 6.07) is 16.8. The van der Waals surface area contributed by atoms with E-state index in [0.717, 1.165) is 5.56 Å². The second-order valence-electron chi connectivity index (χ2n) is 5.19. The first-order valence-corrected chi connectivity index (χ1v) is 7.92. The number of ketones is 1. The van der Waals surface area contributed by atoms with E-state index in [1.165, 1.54) is 6.92 Å². The third-order valence-electron chi connectivity index (χ3n) is 3.27. The van der Waals surface area contributed by atoms with Crippen LogP contribution in [-0.2, 0) is 9.59 Å². The van der Waals surface area contributed by atoms with Gasteiger partial charge in [0.1, 0.15) is 0 Å². The first-order valence-electron chi connectivity index (χ1n) is 7.54. The van der Waals surface area contributed by atoms with Gasteiger partial charge in [0.2, 0.25) is 0 Å². The first-order chi connectivity index (χ1) is 11.6. The molecule has 122 valence electrons. The average molecular weight is 340 g/mol. The van der Waals surface area contributed by atoms with Crippen LogP contribution >= 0.6 is 11.6 Å². The first kappa shape index (κ1) is 17.7. The predicted molar refractivity (Wildman–Crippen MR) is 98.6 cm³/mol. The van der Waals surface area contributed by atoms with E-state index in [1.54, 1.807) is 30.3 Å². The number of carbonyl (C=O) groups excluding carboxylic acids is 2. The molecule has 0 saturated carbocycles. The Bertz CT molecular complexity index is 779. The van der Waals surface area contributed by atoms with Crippen LogP contribution in [0.15, 0.2) is 66.2 Å². The highest BCUT2D eigenvalue weighted by atomic mass is 35.5. The minimum absolute atomic E-state index is 0.102. The van der Waals surface area contributed by atoms with Gasteiger partial charge in [-0.3, -0.25) is 9.59 Å². The van der Waals surface area contributed by atoms with Crippen molar-refractivity contribution in [2.24, 2.45) is 0 Å². The van der Waals surface area contributed by atoms with Gasteiger partial charge in [-0.2, -0.15) is 0 Å². The van der Waals surface area contributed by atoms with Crippen molar-refractivity contribution in [3.8, 4) is 0 Å². The Labute approximate surface area is 146 Å². The highest BCUT2D eigenvalue weighted by molar-refractivity contribution is 6.30. The van der Waals surface area contributed by atoms with E-state index in [4.69, 9.17) is 11.6 Å². The van der Waals surface area contributed by atoms with Crippen LogP contribution in [0.4, 0.5) is 0 Å². The van der Waals surface area contributed by atoms with E-state index in [9.17, 15) is 9.59 Å². The van der Waals surface area contributed by atoms with E-state index in [2.05, 4.69) is 5.32 Å². The fourth-order valence-electron chi connectivity index (χ4n) is 2.10. The van der Waals surface area contributed by atoms with E-state index >= 15 is 0 Å². The second-order valence-corrected chi connectivity index (χ2v) is 5.63. The summed E-state index contributed by atoms with van der Waals surface area (Å²) in [4.78, 5) is 24.0. The predicted octanol–water partition coefficient (Wildman–Crippen LogP) is 4.14. The molecular formula is C20H18ClNO2. The van der Waals surface area contributed by atoms with Gasteiger partial charge in [-0.25, -0.2) is 0 Å². The molecule has 0 unspecified atom stereocenters. The molecule has 2 rings (SSSR count). The summed E-state index contributed by atoms with van der Waals surface area (Å²) in [5.74, 6) is -0.695. The molecule has 2 aromatic rings. The van der Waals surface area contributed by atoms with E-state index in [-0.39, 0.29) is 11.4 Å². The smallest absolute Gasteiger partial charge is 0.255 e. The molecule has 0 aliphatic carbocycles. The highest BCUT2D eigenvalue weighted by Crippen LogP contribution is 2.14. The van der Waals surface area contributed by atoms with Gasteiger partial charge in [-0.05, 0) is 36.3 Å². The molecule has 24 heavy (non-hydrogen) atoms. The summed E-state index contributed by atoms with van der Waals surface area (Å²) in [5.41, 5.74) is 1.86. The molecule has 0 heterocycles. The molecule has 1 amide bonds. The normalized spacial score (nSPS) is 11.5. The molecule has 3 nitrogen and oxygen atoms in total. The van der Waals surface area contributed by atoms with Crippen molar-refractivity contribution in [1.29, 1.82) is 0 Å². The SMILES string of the molecule is CC(=O)/C(=C/c1cccc(Cl)c1)C(=O)NC/C=C/c1ccccc1. The van der Waals surface area contributed by atoms with Crippen LogP contribution < -0.4 is 5.32 Å². The van der Waals surface area contributed by atoms with Gasteiger partial charge in [0.05, 0.1) is 5.57 Å². The largest absolute Gasteiger partial charge is 0.348 e. The maximum Gasteiger partial charge on any atom is 0.255 e. The molecule has 0 aliphatic heterocycles. The maximum atomic E-state index is 12.2. The lowest BCUT2D eigenvalue weighted by molar-refractivity contribution is -0.121. The van der Waals surface area contributed by atoms with Crippen molar-refractivity contribution in [3.63, 3.8) is 0 Å². The standard InChI is InChI=1S/C20H18ClNO2/c1-15(23)19(14-17-9-5-11-18(21)13-17)20(24)22-12-6-10-16-7-3-2-4-8-16/h2-11,13-14H,12H2,1H3,(H,22,24)/b10-6+,19-14-. The minimum atomic E-state index is -0.403. The maximum absolute atomic E-state index is 12.2. The lowest BCUT2D eigenvalue weighted by Gasteiger charge is -2.05. The fraction of sp³-hybridized carbons (Fsp3) is 0.100. The molecule has 0 aromatic heterocycles. The zero-order valence-electron chi connectivity index (χ0n) is 13.3. The number of hydrogen-bond donors (Lipinski definition) is 1. The van der Waals surface area contributed by atoms with Gasteiger partial charge in [0, 0.05) is 11.6 Å². The molecule has 0 saturated heterocycles. The van der Waals surface area contributed by atoms with Crippen LogP contribution in [0.3, 0.4) is 0 Å². The number of carbonyl (C=O) groups is 2. The van der Waals surface area contributed by atoms with Gasteiger partial charge in [0.15, 0.2) is 5.78 Å². The summed E-state index contributed by atoms with van der Waals surface area (Å²) < 4.78 is 0. The Morgan fingerprint density at radius 2 is 1.75 bits per heavy atom. The van der Waals surface area contributed by atoms with Gasteiger partial charge < -0.3 is 5.32 Å². The third-order valence-corrected chi connectivity index (χ3v) is 3.51. The van der Waals surface area contributed by atoms with Gasteiger partial charge in [-0.15, -0.1) is 0 Å². The van der Waals surface area contributed by atoms with E-state index in [0.29, 0.717) is 17.1 Å². The number of amides is 1. The van der Waals surface area contributed by atoms with Crippen molar-refractivity contribution >= 4 is 35.4 Å². The topological polar surface area (TPSA) is 46.2 Å². The van der Waals surface area contributed by atoms with Crippen LogP contribution in [0.5, 0.6) is 0 Å². The summed E-state index contributed by atoms with van der Waals surface area (Å²) in [6.45, 7) is 1.71. The van der Waals surface area contributed by atoms with Crippen LogP contribution in [-0.4, -0.2) is 18.2 Å². The molecule has 0 spiro atoms. The zero-order chi connectivity index (χ0) is 17.4. The lowest BCUT2D eigenvalue weighted by atomic mass is 10.1. The monoisotopic (exact) mass is 339 g/mol. The minimum Gasteiger partial charge on any atom is -0.348 e. The number of benzene rings is 2. The Hall–Kier alpha value is -2.65. The third kappa shape index (κ3) is 5.52. The Kier molecular flexibility index (Phi) is 6.52. The lowest BCUT2D eigenvalue weighted by Crippen LogP contribution is -2.27. The van der Waals surface area contributed by atoms with Gasteiger partial charge in [-0.1, -0.05) is 66.2 Å². The summed E-state index contributed by atoms with van der Waals surface area (Å²) in [7, 11) is 0. The quantitative estimate of drug-likeness (QED) is 0.488. The van der Waals surface area contributed by atoms with Crippen LogP contribution in [0.2, 0.25) is 5.02 Å². The Balaban J connectivity index is 2.02. The second kappa shape index (κ2) is 8.85. The van der Waals surface area contributed by atoms with Crippen LogP contribution in [0, 0.1) is 0 Å². The van der Waals surface area contributed by atoms with Crippen molar-refractivity contribution < 1.29 is 9.59 Å². The molecule has 0 aliphatic rings. The summed E-state index contributed by atoms with van der Waals surface area (Å²) in [6.07, 6.45) is 5.29. The molecule has 4 heteroatoms. The zero-order valence-corrected chi connectivity index (χ0v) is 14.1. The van der Waals surface area contributed by atoms with Gasteiger partial charge >= 0.3 is 0 Å². The molecule has 0 fully saturated rings. The van der Waals surface area contributed by atoms with Crippen molar-refractivity contribution in [1.82, 2.24) is 5.32 Å². The van der Waals surface area contributed by atoms with E-state index < -0.39 is 5.91 Å². The van der Waals surface area contributed by atoms with Gasteiger partial charge in [0.25, 0.3) is 5.91 Å². The Morgan fingerprint density at radius 3 is 2.42 bits per heavy atom. The number of halogens is 1. The summed E-state index contributed by atoms with van der Waals surface area (Å²) >= 11 is 5.92. The summed E-state index contributed by atoms with van der Waals surface area (Å²) in [5, 5.41) is 3.27. The molecule has 0 atom stereocenters. The number of nitrogens with one attached hydrogen (secondary N) is 1. The Morgan fingerprint density at radius 1 is 1.04 bits per heavy atom.